The van der Waals surface area contributed by atoms with Gasteiger partial charge in [-0.2, -0.15) is 0 Å². The van der Waals surface area contributed by atoms with Crippen LogP contribution >= 0.6 is 0 Å². The monoisotopic (exact) mass is 269 g/mol. The molecule has 3 atom stereocenters. The average molecular weight is 269 g/mol. The van der Waals surface area contributed by atoms with Crippen LogP contribution in [0.25, 0.3) is 0 Å². The zero-order valence-electron chi connectivity index (χ0n) is 12.9. The SMILES string of the molecule is CCCCC(CC)CC(=O)C1COCC1NCCC. The largest absolute Gasteiger partial charge is 0.379 e. The Hall–Kier alpha value is -0.410. The minimum absolute atomic E-state index is 0.0854. The van der Waals surface area contributed by atoms with Gasteiger partial charge in [0.2, 0.25) is 0 Å². The Bertz CT molecular complexity index is 255. The quantitative estimate of drug-likeness (QED) is 0.662. The number of hydrogen-bond acceptors (Lipinski definition) is 3. The Kier molecular flexibility index (Phi) is 8.31. The van der Waals surface area contributed by atoms with E-state index in [-0.39, 0.29) is 12.0 Å². The van der Waals surface area contributed by atoms with Gasteiger partial charge in [0.25, 0.3) is 0 Å². The molecule has 0 saturated carbocycles. The first kappa shape index (κ1) is 16.6. The molecule has 19 heavy (non-hydrogen) atoms. The highest BCUT2D eigenvalue weighted by Crippen LogP contribution is 2.23. The molecule has 0 spiro atoms. The van der Waals surface area contributed by atoms with Gasteiger partial charge in [0, 0.05) is 12.5 Å². The highest BCUT2D eigenvalue weighted by atomic mass is 16.5. The first-order valence-electron chi connectivity index (χ1n) is 8.06. The molecule has 3 nitrogen and oxygen atoms in total. The number of ketones is 1. The first-order valence-corrected chi connectivity index (χ1v) is 8.06. The van der Waals surface area contributed by atoms with E-state index in [0.29, 0.717) is 24.9 Å². The molecule has 3 heteroatoms. The molecule has 1 aliphatic rings. The highest BCUT2D eigenvalue weighted by molar-refractivity contribution is 5.82. The second kappa shape index (κ2) is 9.49. The molecule has 3 unspecified atom stereocenters. The standard InChI is InChI=1S/C16H31NO2/c1-4-7-8-13(6-3)10-16(18)14-11-19-12-15(14)17-9-5-2/h13-15,17H,4-12H2,1-3H3. The van der Waals surface area contributed by atoms with Crippen molar-refractivity contribution in [2.75, 3.05) is 19.8 Å². The maximum atomic E-state index is 12.4. The predicted octanol–water partition coefficient (Wildman–Crippen LogP) is 3.18. The molecular weight excluding hydrogens is 238 g/mol. The molecule has 1 saturated heterocycles. The molecule has 0 radical (unpaired) electrons. The fourth-order valence-corrected chi connectivity index (χ4v) is 2.78. The number of carbonyl (C=O) groups excluding carboxylic acids is 1. The minimum Gasteiger partial charge on any atom is -0.379 e. The Balaban J connectivity index is 2.41. The molecule has 1 heterocycles. The van der Waals surface area contributed by atoms with Crippen LogP contribution < -0.4 is 5.32 Å². The average Bonchev–Trinajstić information content (AvgIpc) is 2.89. The molecule has 1 fully saturated rings. The van der Waals surface area contributed by atoms with E-state index in [9.17, 15) is 4.79 Å². The van der Waals surface area contributed by atoms with Crippen molar-refractivity contribution in [2.45, 2.75) is 65.3 Å². The van der Waals surface area contributed by atoms with E-state index in [1.807, 2.05) is 0 Å². The van der Waals surface area contributed by atoms with Gasteiger partial charge in [-0.3, -0.25) is 4.79 Å². The Labute approximate surface area is 118 Å². The summed E-state index contributed by atoms with van der Waals surface area (Å²) in [7, 11) is 0. The summed E-state index contributed by atoms with van der Waals surface area (Å²) in [6.45, 7) is 8.85. The van der Waals surface area contributed by atoms with Crippen molar-refractivity contribution in [3.05, 3.63) is 0 Å². The highest BCUT2D eigenvalue weighted by Gasteiger charge is 2.33. The zero-order chi connectivity index (χ0) is 14.1. The van der Waals surface area contributed by atoms with Crippen LogP contribution in [-0.4, -0.2) is 31.6 Å². The van der Waals surface area contributed by atoms with Crippen molar-refractivity contribution in [2.24, 2.45) is 11.8 Å². The van der Waals surface area contributed by atoms with E-state index in [4.69, 9.17) is 4.74 Å². The summed E-state index contributed by atoms with van der Waals surface area (Å²) in [5.41, 5.74) is 0. The van der Waals surface area contributed by atoms with E-state index in [2.05, 4.69) is 26.1 Å². The third-order valence-corrected chi connectivity index (χ3v) is 4.18. The van der Waals surface area contributed by atoms with Gasteiger partial charge < -0.3 is 10.1 Å². The molecule has 0 aromatic heterocycles. The van der Waals surface area contributed by atoms with Gasteiger partial charge in [-0.15, -0.1) is 0 Å². The smallest absolute Gasteiger partial charge is 0.140 e. The summed E-state index contributed by atoms with van der Waals surface area (Å²) in [6, 6.07) is 0.246. The van der Waals surface area contributed by atoms with Crippen LogP contribution in [0.15, 0.2) is 0 Å². The van der Waals surface area contributed by atoms with E-state index >= 15 is 0 Å². The Morgan fingerprint density at radius 1 is 1.26 bits per heavy atom. The topological polar surface area (TPSA) is 38.3 Å². The maximum absolute atomic E-state index is 12.4. The van der Waals surface area contributed by atoms with Crippen LogP contribution in [0.1, 0.15) is 59.3 Å². The maximum Gasteiger partial charge on any atom is 0.140 e. The Morgan fingerprint density at radius 3 is 2.68 bits per heavy atom. The van der Waals surface area contributed by atoms with Crippen LogP contribution in [0.5, 0.6) is 0 Å². The summed E-state index contributed by atoms with van der Waals surface area (Å²) in [4.78, 5) is 12.4. The van der Waals surface area contributed by atoms with Gasteiger partial charge in [-0.25, -0.2) is 0 Å². The molecule has 1 aliphatic heterocycles. The third-order valence-electron chi connectivity index (χ3n) is 4.18. The molecule has 0 aromatic carbocycles. The van der Waals surface area contributed by atoms with E-state index in [1.165, 1.54) is 19.3 Å². The number of unbranched alkanes of at least 4 members (excludes halogenated alkanes) is 1. The molecule has 0 bridgehead atoms. The van der Waals surface area contributed by atoms with E-state index < -0.39 is 0 Å². The second-order valence-electron chi connectivity index (χ2n) is 5.79. The lowest BCUT2D eigenvalue weighted by Gasteiger charge is -2.20. The summed E-state index contributed by atoms with van der Waals surface area (Å²) < 4.78 is 5.50. The van der Waals surface area contributed by atoms with Crippen LogP contribution in [0.3, 0.4) is 0 Å². The number of Topliss-reactive ketones (excluding diaryl/α,β-unsaturated/α-hetero) is 1. The van der Waals surface area contributed by atoms with Gasteiger partial charge in [0.15, 0.2) is 0 Å². The number of ether oxygens (including phenoxy) is 1. The van der Waals surface area contributed by atoms with Crippen molar-refractivity contribution in [3.8, 4) is 0 Å². The van der Waals surface area contributed by atoms with E-state index in [0.717, 1.165) is 25.8 Å². The summed E-state index contributed by atoms with van der Waals surface area (Å²) in [6.07, 6.45) is 6.62. The molecule has 1 N–H and O–H groups in total. The summed E-state index contributed by atoms with van der Waals surface area (Å²) in [5, 5.41) is 3.45. The molecule has 0 amide bonds. The van der Waals surface area contributed by atoms with Gasteiger partial charge >= 0.3 is 0 Å². The summed E-state index contributed by atoms with van der Waals surface area (Å²) >= 11 is 0. The van der Waals surface area contributed by atoms with Crippen molar-refractivity contribution in [3.63, 3.8) is 0 Å². The molecular formula is C16H31NO2. The van der Waals surface area contributed by atoms with Crippen LogP contribution in [-0.2, 0) is 9.53 Å². The lowest BCUT2D eigenvalue weighted by molar-refractivity contribution is -0.124. The van der Waals surface area contributed by atoms with Crippen LogP contribution in [0.2, 0.25) is 0 Å². The van der Waals surface area contributed by atoms with Crippen LogP contribution in [0, 0.1) is 11.8 Å². The normalized spacial score (nSPS) is 24.6. The Morgan fingerprint density at radius 2 is 2.05 bits per heavy atom. The summed E-state index contributed by atoms with van der Waals surface area (Å²) in [5.74, 6) is 1.07. The van der Waals surface area contributed by atoms with Gasteiger partial charge in [0.1, 0.15) is 5.78 Å². The predicted molar refractivity (Wildman–Crippen MR) is 79.3 cm³/mol. The molecule has 0 aromatic rings. The fourth-order valence-electron chi connectivity index (χ4n) is 2.78. The lowest BCUT2D eigenvalue weighted by atomic mass is 9.87. The van der Waals surface area contributed by atoms with Gasteiger partial charge in [-0.05, 0) is 18.9 Å². The van der Waals surface area contributed by atoms with Gasteiger partial charge in [-0.1, -0.05) is 46.5 Å². The molecule has 1 rings (SSSR count). The number of nitrogens with one attached hydrogen (secondary N) is 1. The minimum atomic E-state index is 0.0854. The zero-order valence-corrected chi connectivity index (χ0v) is 12.9. The van der Waals surface area contributed by atoms with Crippen molar-refractivity contribution in [1.29, 1.82) is 0 Å². The lowest BCUT2D eigenvalue weighted by Crippen LogP contribution is -2.40. The second-order valence-corrected chi connectivity index (χ2v) is 5.79. The van der Waals surface area contributed by atoms with Crippen molar-refractivity contribution < 1.29 is 9.53 Å². The van der Waals surface area contributed by atoms with Crippen molar-refractivity contribution >= 4 is 5.78 Å². The fraction of sp³-hybridized carbons (Fsp3) is 0.938. The van der Waals surface area contributed by atoms with Gasteiger partial charge in [0.05, 0.1) is 19.1 Å². The van der Waals surface area contributed by atoms with E-state index in [1.54, 1.807) is 0 Å². The number of carbonyl (C=O) groups is 1. The first-order chi connectivity index (χ1) is 9.22. The van der Waals surface area contributed by atoms with Crippen molar-refractivity contribution in [1.82, 2.24) is 5.32 Å². The number of hydrogen-bond donors (Lipinski definition) is 1. The third kappa shape index (κ3) is 5.62. The number of rotatable bonds is 10. The van der Waals surface area contributed by atoms with Crippen LogP contribution in [0.4, 0.5) is 0 Å². The molecule has 0 aliphatic carbocycles. The molecule has 112 valence electrons.